The van der Waals surface area contributed by atoms with Crippen molar-refractivity contribution in [1.29, 1.82) is 0 Å². The number of nitrogen functional groups attached to an aromatic ring is 1. The second-order valence-electron chi connectivity index (χ2n) is 7.65. The highest BCUT2D eigenvalue weighted by atomic mass is 19.4. The van der Waals surface area contributed by atoms with Crippen molar-refractivity contribution in [3.63, 3.8) is 0 Å². The SMILES string of the molecule is CC1CN(C(=O)C2(C(O)C(F)(F)F)CCC2)CCN1C(=O)c1cn(C)nc1N. The molecule has 0 bridgehead atoms. The van der Waals surface area contributed by atoms with Gasteiger partial charge in [-0.05, 0) is 19.8 Å². The van der Waals surface area contributed by atoms with Crippen LogP contribution in [0.3, 0.4) is 0 Å². The molecule has 2 atom stereocenters. The van der Waals surface area contributed by atoms with E-state index in [1.807, 2.05) is 0 Å². The van der Waals surface area contributed by atoms with Crippen LogP contribution >= 0.6 is 0 Å². The fourth-order valence-corrected chi connectivity index (χ4v) is 4.06. The summed E-state index contributed by atoms with van der Waals surface area (Å²) < 4.78 is 40.6. The molecule has 0 spiro atoms. The van der Waals surface area contributed by atoms with E-state index < -0.39 is 29.6 Å². The smallest absolute Gasteiger partial charge is 0.383 e. The number of piperazine rings is 1. The first-order valence-corrected chi connectivity index (χ1v) is 9.11. The third-order valence-corrected chi connectivity index (χ3v) is 5.77. The normalized spacial score (nSPS) is 23.3. The van der Waals surface area contributed by atoms with E-state index in [0.29, 0.717) is 6.42 Å². The van der Waals surface area contributed by atoms with Gasteiger partial charge in [0.25, 0.3) is 5.91 Å². The highest BCUT2D eigenvalue weighted by molar-refractivity contribution is 5.98. The molecule has 156 valence electrons. The van der Waals surface area contributed by atoms with Crippen LogP contribution in [0.15, 0.2) is 6.20 Å². The molecule has 3 rings (SSSR count). The summed E-state index contributed by atoms with van der Waals surface area (Å²) in [5.41, 5.74) is 4.19. The number of hydrogen-bond donors (Lipinski definition) is 2. The standard InChI is InChI=1S/C17H24F3N5O3/c1-10-8-24(15(28)16(4-3-5-16)14(27)17(18,19)20)6-7-25(10)13(26)11-9-23(2)22-12(11)21/h9-10,14,27H,3-8H2,1-2H3,(H2,21,22). The van der Waals surface area contributed by atoms with Gasteiger partial charge in [-0.3, -0.25) is 14.3 Å². The van der Waals surface area contributed by atoms with E-state index in [2.05, 4.69) is 5.10 Å². The summed E-state index contributed by atoms with van der Waals surface area (Å²) >= 11 is 0. The quantitative estimate of drug-likeness (QED) is 0.776. The second kappa shape index (κ2) is 6.94. The Morgan fingerprint density at radius 2 is 2.00 bits per heavy atom. The van der Waals surface area contributed by atoms with Gasteiger partial charge >= 0.3 is 6.18 Å². The van der Waals surface area contributed by atoms with Crippen molar-refractivity contribution in [2.24, 2.45) is 12.5 Å². The second-order valence-corrected chi connectivity index (χ2v) is 7.65. The molecule has 2 unspecified atom stereocenters. The molecular weight excluding hydrogens is 379 g/mol. The Morgan fingerprint density at radius 1 is 1.36 bits per heavy atom. The lowest BCUT2D eigenvalue weighted by Gasteiger charge is -2.49. The largest absolute Gasteiger partial charge is 0.415 e. The number of carbonyl (C=O) groups is 2. The van der Waals surface area contributed by atoms with Gasteiger partial charge in [0.05, 0.1) is 5.41 Å². The van der Waals surface area contributed by atoms with Gasteiger partial charge in [-0.25, -0.2) is 0 Å². The Balaban J connectivity index is 1.72. The highest BCUT2D eigenvalue weighted by Crippen LogP contribution is 2.50. The molecule has 28 heavy (non-hydrogen) atoms. The van der Waals surface area contributed by atoms with E-state index in [9.17, 15) is 27.9 Å². The predicted molar refractivity (Wildman–Crippen MR) is 93.0 cm³/mol. The van der Waals surface area contributed by atoms with Crippen LogP contribution in [-0.4, -0.2) is 74.5 Å². The first-order valence-electron chi connectivity index (χ1n) is 9.11. The minimum absolute atomic E-state index is 0.00620. The number of halogens is 3. The first-order chi connectivity index (χ1) is 13.0. The van der Waals surface area contributed by atoms with Gasteiger partial charge in [-0.1, -0.05) is 6.42 Å². The minimum Gasteiger partial charge on any atom is -0.383 e. The molecule has 2 aliphatic rings. The number of nitrogens with two attached hydrogens (primary N) is 1. The topological polar surface area (TPSA) is 105 Å². The van der Waals surface area contributed by atoms with Crippen molar-refractivity contribution in [2.45, 2.75) is 44.5 Å². The number of aromatic nitrogens is 2. The molecule has 1 aliphatic carbocycles. The molecule has 1 saturated heterocycles. The van der Waals surface area contributed by atoms with Crippen LogP contribution in [0.25, 0.3) is 0 Å². The van der Waals surface area contributed by atoms with Crippen LogP contribution in [0, 0.1) is 5.41 Å². The summed E-state index contributed by atoms with van der Waals surface area (Å²) in [5, 5.41) is 13.7. The van der Waals surface area contributed by atoms with Crippen molar-refractivity contribution in [1.82, 2.24) is 19.6 Å². The van der Waals surface area contributed by atoms with E-state index in [0.717, 1.165) is 0 Å². The maximum atomic E-state index is 13.1. The van der Waals surface area contributed by atoms with Crippen molar-refractivity contribution in [3.8, 4) is 0 Å². The van der Waals surface area contributed by atoms with Crippen LogP contribution in [0.1, 0.15) is 36.5 Å². The van der Waals surface area contributed by atoms with Crippen LogP contribution in [0.2, 0.25) is 0 Å². The average molecular weight is 403 g/mol. The van der Waals surface area contributed by atoms with Crippen molar-refractivity contribution in [3.05, 3.63) is 11.8 Å². The molecule has 1 aliphatic heterocycles. The molecule has 11 heteroatoms. The molecule has 1 aromatic rings. The van der Waals surface area contributed by atoms with Crippen LogP contribution in [0.4, 0.5) is 19.0 Å². The van der Waals surface area contributed by atoms with Gasteiger partial charge in [-0.2, -0.15) is 18.3 Å². The number of carbonyl (C=O) groups excluding carboxylic acids is 2. The third-order valence-electron chi connectivity index (χ3n) is 5.77. The van der Waals surface area contributed by atoms with Crippen LogP contribution in [0.5, 0.6) is 0 Å². The van der Waals surface area contributed by atoms with Gasteiger partial charge < -0.3 is 20.6 Å². The molecule has 8 nitrogen and oxygen atoms in total. The third kappa shape index (κ3) is 3.31. The first kappa shape index (κ1) is 20.4. The number of hydrogen-bond acceptors (Lipinski definition) is 5. The van der Waals surface area contributed by atoms with Gasteiger partial charge in [0.15, 0.2) is 11.9 Å². The fraction of sp³-hybridized carbons (Fsp3) is 0.706. The minimum atomic E-state index is -4.85. The molecule has 0 radical (unpaired) electrons. The maximum Gasteiger partial charge on any atom is 0.415 e. The monoisotopic (exact) mass is 403 g/mol. The van der Waals surface area contributed by atoms with E-state index in [1.54, 1.807) is 14.0 Å². The number of amides is 2. The van der Waals surface area contributed by atoms with Gasteiger partial charge in [0.2, 0.25) is 5.91 Å². The predicted octanol–water partition coefficient (Wildman–Crippen LogP) is 0.769. The number of aliphatic hydroxyl groups excluding tert-OH is 1. The zero-order valence-electron chi connectivity index (χ0n) is 15.7. The van der Waals surface area contributed by atoms with Crippen molar-refractivity contribution < 1.29 is 27.9 Å². The Labute approximate surface area is 160 Å². The number of nitrogens with zero attached hydrogens (tertiary/aromatic N) is 4. The lowest BCUT2D eigenvalue weighted by Crippen LogP contribution is -2.63. The van der Waals surface area contributed by atoms with E-state index >= 15 is 0 Å². The summed E-state index contributed by atoms with van der Waals surface area (Å²) in [6, 6.07) is -0.412. The molecule has 1 saturated carbocycles. The van der Waals surface area contributed by atoms with Crippen LogP contribution < -0.4 is 5.73 Å². The van der Waals surface area contributed by atoms with Crippen LogP contribution in [-0.2, 0) is 11.8 Å². The number of aliphatic hydroxyl groups is 1. The summed E-state index contributed by atoms with van der Waals surface area (Å²) in [6.45, 7) is 2.08. The Bertz CT molecular complexity index is 775. The maximum absolute atomic E-state index is 13.1. The lowest BCUT2D eigenvalue weighted by molar-refractivity contribution is -0.252. The Morgan fingerprint density at radius 3 is 2.43 bits per heavy atom. The molecule has 2 heterocycles. The summed E-state index contributed by atoms with van der Waals surface area (Å²) in [5.74, 6) is -0.928. The molecule has 0 aromatic carbocycles. The number of rotatable bonds is 3. The highest BCUT2D eigenvalue weighted by Gasteiger charge is 2.61. The Hall–Kier alpha value is -2.30. The Kier molecular flexibility index (Phi) is 5.07. The van der Waals surface area contributed by atoms with Gasteiger partial charge in [0, 0.05) is 38.9 Å². The number of anilines is 1. The van der Waals surface area contributed by atoms with Gasteiger partial charge in [-0.15, -0.1) is 0 Å². The zero-order chi connectivity index (χ0) is 20.9. The molecule has 2 fully saturated rings. The fourth-order valence-electron chi connectivity index (χ4n) is 4.06. The van der Waals surface area contributed by atoms with Crippen molar-refractivity contribution >= 4 is 17.6 Å². The molecule has 2 amide bonds. The zero-order valence-corrected chi connectivity index (χ0v) is 15.7. The van der Waals surface area contributed by atoms with E-state index in [-0.39, 0.29) is 49.8 Å². The lowest BCUT2D eigenvalue weighted by atomic mass is 9.63. The molecule has 1 aromatic heterocycles. The number of aryl methyl sites for hydroxylation is 1. The van der Waals surface area contributed by atoms with Gasteiger partial charge in [0.1, 0.15) is 5.56 Å². The van der Waals surface area contributed by atoms with Crippen molar-refractivity contribution in [2.75, 3.05) is 25.4 Å². The van der Waals surface area contributed by atoms with E-state index in [1.165, 1.54) is 20.7 Å². The summed E-state index contributed by atoms with van der Waals surface area (Å²) in [6.07, 6.45) is -5.54. The molecular formula is C17H24F3N5O3. The summed E-state index contributed by atoms with van der Waals surface area (Å²) in [7, 11) is 1.64. The molecule has 3 N–H and O–H groups in total. The summed E-state index contributed by atoms with van der Waals surface area (Å²) in [4.78, 5) is 28.5. The number of alkyl halides is 3. The average Bonchev–Trinajstić information content (AvgIpc) is 2.90. The van der Waals surface area contributed by atoms with E-state index in [4.69, 9.17) is 5.73 Å².